The highest BCUT2D eigenvalue weighted by molar-refractivity contribution is 14.0. The van der Waals surface area contributed by atoms with Crippen LogP contribution < -0.4 is 10.6 Å². The van der Waals surface area contributed by atoms with Crippen molar-refractivity contribution in [1.29, 1.82) is 0 Å². The monoisotopic (exact) mass is 496 g/mol. The third-order valence-electron chi connectivity index (χ3n) is 5.21. The fraction of sp³-hybridized carbons (Fsp3) is 0.950. The summed E-state index contributed by atoms with van der Waals surface area (Å²) in [5, 5.41) is 6.80. The molecule has 160 valence electrons. The third-order valence-corrected chi connectivity index (χ3v) is 5.21. The molecule has 0 aliphatic carbocycles. The standard InChI is InChI=1S/C20H40N4O2.HI/c1-3-10-24-11-6-19(16-24)15-23-20(21-4-2)22-9-5-12-26-17-18-7-13-25-14-8-18;/h18-19H,3-17H2,1-2H3,(H2,21,22,23);1H. The topological polar surface area (TPSA) is 58.1 Å². The zero-order valence-corrected chi connectivity index (χ0v) is 19.7. The molecular weight excluding hydrogens is 455 g/mol. The van der Waals surface area contributed by atoms with Gasteiger partial charge in [-0.1, -0.05) is 6.92 Å². The highest BCUT2D eigenvalue weighted by Gasteiger charge is 2.21. The molecule has 0 aromatic heterocycles. The highest BCUT2D eigenvalue weighted by atomic mass is 127. The first-order valence-electron chi connectivity index (χ1n) is 10.7. The van der Waals surface area contributed by atoms with Crippen molar-refractivity contribution in [1.82, 2.24) is 15.5 Å². The van der Waals surface area contributed by atoms with E-state index in [0.29, 0.717) is 11.8 Å². The summed E-state index contributed by atoms with van der Waals surface area (Å²) in [7, 11) is 0. The summed E-state index contributed by atoms with van der Waals surface area (Å²) in [6.45, 7) is 14.3. The number of hydrogen-bond acceptors (Lipinski definition) is 4. The largest absolute Gasteiger partial charge is 0.381 e. The molecular formula is C20H41IN4O2. The Morgan fingerprint density at radius 2 is 1.96 bits per heavy atom. The number of hydrogen-bond donors (Lipinski definition) is 2. The van der Waals surface area contributed by atoms with Crippen molar-refractivity contribution in [2.45, 2.75) is 46.0 Å². The van der Waals surface area contributed by atoms with E-state index in [1.54, 1.807) is 0 Å². The molecule has 1 atom stereocenters. The van der Waals surface area contributed by atoms with E-state index in [2.05, 4.69) is 29.4 Å². The molecule has 0 radical (unpaired) electrons. The van der Waals surface area contributed by atoms with Crippen LogP contribution in [0.1, 0.15) is 46.0 Å². The van der Waals surface area contributed by atoms with Crippen LogP contribution in [0.3, 0.4) is 0 Å². The maximum Gasteiger partial charge on any atom is 0.191 e. The van der Waals surface area contributed by atoms with Crippen LogP contribution in [0.4, 0.5) is 0 Å². The summed E-state index contributed by atoms with van der Waals surface area (Å²) >= 11 is 0. The Kier molecular flexibility index (Phi) is 14.5. The number of nitrogens with one attached hydrogen (secondary N) is 2. The van der Waals surface area contributed by atoms with Gasteiger partial charge in [-0.2, -0.15) is 0 Å². The lowest BCUT2D eigenvalue weighted by Crippen LogP contribution is -2.38. The zero-order valence-electron chi connectivity index (χ0n) is 17.4. The second-order valence-electron chi connectivity index (χ2n) is 7.59. The van der Waals surface area contributed by atoms with Gasteiger partial charge in [0.15, 0.2) is 5.96 Å². The van der Waals surface area contributed by atoms with Gasteiger partial charge in [0.1, 0.15) is 0 Å². The molecule has 0 bridgehead atoms. The minimum atomic E-state index is 0. The minimum Gasteiger partial charge on any atom is -0.381 e. The van der Waals surface area contributed by atoms with Crippen molar-refractivity contribution in [3.05, 3.63) is 0 Å². The second-order valence-corrected chi connectivity index (χ2v) is 7.59. The Morgan fingerprint density at radius 1 is 1.15 bits per heavy atom. The van der Waals surface area contributed by atoms with Gasteiger partial charge in [0, 0.05) is 52.6 Å². The Bertz CT molecular complexity index is 392. The number of nitrogens with zero attached hydrogens (tertiary/aromatic N) is 2. The molecule has 2 heterocycles. The SMILES string of the molecule is CCCN1CCC(CN=C(NCC)NCCCOCC2CCOCC2)C1.I. The van der Waals surface area contributed by atoms with Gasteiger partial charge in [0.2, 0.25) is 0 Å². The molecule has 0 amide bonds. The van der Waals surface area contributed by atoms with Gasteiger partial charge in [-0.05, 0) is 64.0 Å². The molecule has 1 unspecified atom stereocenters. The minimum absolute atomic E-state index is 0. The van der Waals surface area contributed by atoms with E-state index in [0.717, 1.165) is 71.3 Å². The summed E-state index contributed by atoms with van der Waals surface area (Å²) in [5.41, 5.74) is 0. The van der Waals surface area contributed by atoms with Gasteiger partial charge in [0.05, 0.1) is 0 Å². The second kappa shape index (κ2) is 15.8. The average molecular weight is 496 g/mol. The smallest absolute Gasteiger partial charge is 0.191 e. The average Bonchev–Trinajstić information content (AvgIpc) is 3.11. The van der Waals surface area contributed by atoms with Gasteiger partial charge in [-0.25, -0.2) is 0 Å². The normalized spacial score (nSPS) is 21.9. The highest BCUT2D eigenvalue weighted by Crippen LogP contribution is 2.16. The Labute approximate surface area is 183 Å². The molecule has 2 aliphatic rings. The quantitative estimate of drug-likeness (QED) is 0.200. The van der Waals surface area contributed by atoms with Crippen molar-refractivity contribution in [3.63, 3.8) is 0 Å². The van der Waals surface area contributed by atoms with Crippen molar-refractivity contribution in [2.75, 3.05) is 65.7 Å². The molecule has 0 spiro atoms. The molecule has 2 N–H and O–H groups in total. The predicted molar refractivity (Wildman–Crippen MR) is 123 cm³/mol. The van der Waals surface area contributed by atoms with Crippen molar-refractivity contribution in [2.24, 2.45) is 16.8 Å². The summed E-state index contributed by atoms with van der Waals surface area (Å²) < 4.78 is 11.2. The summed E-state index contributed by atoms with van der Waals surface area (Å²) in [6.07, 6.45) is 5.83. The summed E-state index contributed by atoms with van der Waals surface area (Å²) in [6, 6.07) is 0. The lowest BCUT2D eigenvalue weighted by Gasteiger charge is -2.21. The first kappa shape index (κ1) is 24.9. The van der Waals surface area contributed by atoms with E-state index in [4.69, 9.17) is 14.5 Å². The van der Waals surface area contributed by atoms with Crippen LogP contribution in [0.25, 0.3) is 0 Å². The number of rotatable bonds is 11. The first-order chi connectivity index (χ1) is 12.8. The predicted octanol–water partition coefficient (Wildman–Crippen LogP) is 2.72. The molecule has 2 fully saturated rings. The van der Waals surface area contributed by atoms with Crippen LogP contribution in [0.5, 0.6) is 0 Å². The number of ether oxygens (including phenoxy) is 2. The van der Waals surface area contributed by atoms with E-state index < -0.39 is 0 Å². The number of aliphatic imine (C=N–C) groups is 1. The molecule has 2 saturated heterocycles. The van der Waals surface area contributed by atoms with Gasteiger partial charge in [-0.3, -0.25) is 4.99 Å². The Hall–Kier alpha value is -0.120. The molecule has 0 aromatic carbocycles. The maximum atomic E-state index is 5.83. The van der Waals surface area contributed by atoms with E-state index >= 15 is 0 Å². The van der Waals surface area contributed by atoms with Crippen LogP contribution in [0.2, 0.25) is 0 Å². The number of guanidine groups is 1. The molecule has 7 heteroatoms. The van der Waals surface area contributed by atoms with Gasteiger partial charge in [0.25, 0.3) is 0 Å². The summed E-state index contributed by atoms with van der Waals surface area (Å²) in [5.74, 6) is 2.35. The van der Waals surface area contributed by atoms with Crippen molar-refractivity contribution < 1.29 is 9.47 Å². The van der Waals surface area contributed by atoms with Gasteiger partial charge < -0.3 is 25.0 Å². The van der Waals surface area contributed by atoms with Crippen LogP contribution >= 0.6 is 24.0 Å². The summed E-state index contributed by atoms with van der Waals surface area (Å²) in [4.78, 5) is 7.36. The molecule has 6 nitrogen and oxygen atoms in total. The van der Waals surface area contributed by atoms with Crippen molar-refractivity contribution in [3.8, 4) is 0 Å². The number of likely N-dealkylation sites (tertiary alicyclic amines) is 1. The molecule has 0 aromatic rings. The fourth-order valence-corrected chi connectivity index (χ4v) is 3.69. The lowest BCUT2D eigenvalue weighted by molar-refractivity contribution is 0.0203. The maximum absolute atomic E-state index is 5.83. The third kappa shape index (κ3) is 10.9. The lowest BCUT2D eigenvalue weighted by atomic mass is 10.0. The Morgan fingerprint density at radius 3 is 2.70 bits per heavy atom. The molecule has 2 aliphatic heterocycles. The van der Waals surface area contributed by atoms with Crippen LogP contribution in [-0.2, 0) is 9.47 Å². The molecule has 2 rings (SSSR count). The Balaban J connectivity index is 0.00000364. The molecule has 27 heavy (non-hydrogen) atoms. The van der Waals surface area contributed by atoms with Crippen LogP contribution in [0.15, 0.2) is 4.99 Å². The first-order valence-corrected chi connectivity index (χ1v) is 10.7. The van der Waals surface area contributed by atoms with E-state index in [-0.39, 0.29) is 24.0 Å². The van der Waals surface area contributed by atoms with E-state index in [9.17, 15) is 0 Å². The van der Waals surface area contributed by atoms with Crippen molar-refractivity contribution >= 4 is 29.9 Å². The van der Waals surface area contributed by atoms with Gasteiger partial charge in [-0.15, -0.1) is 24.0 Å². The zero-order chi connectivity index (χ0) is 18.5. The van der Waals surface area contributed by atoms with Crippen LogP contribution in [-0.4, -0.2) is 76.6 Å². The van der Waals surface area contributed by atoms with Gasteiger partial charge >= 0.3 is 0 Å². The van der Waals surface area contributed by atoms with E-state index in [1.807, 2.05) is 0 Å². The molecule has 0 saturated carbocycles. The van der Waals surface area contributed by atoms with E-state index in [1.165, 1.54) is 32.5 Å². The number of halogens is 1. The van der Waals surface area contributed by atoms with Crippen LogP contribution in [0, 0.1) is 11.8 Å². The fourth-order valence-electron chi connectivity index (χ4n) is 3.69.